The van der Waals surface area contributed by atoms with Crippen molar-refractivity contribution in [3.05, 3.63) is 46.8 Å². The van der Waals surface area contributed by atoms with Gasteiger partial charge in [0.2, 0.25) is 0 Å². The normalized spacial score (nSPS) is 19.2. The van der Waals surface area contributed by atoms with Crippen molar-refractivity contribution in [1.29, 1.82) is 0 Å². The maximum atomic E-state index is 13.0. The molecule has 1 saturated heterocycles. The zero-order chi connectivity index (χ0) is 22.0. The average molecular weight is 455 g/mol. The van der Waals surface area contributed by atoms with E-state index >= 15 is 0 Å². The number of aromatic nitrogens is 2. The van der Waals surface area contributed by atoms with Crippen LogP contribution < -0.4 is 10.1 Å². The lowest BCUT2D eigenvalue weighted by Gasteiger charge is -2.27. The van der Waals surface area contributed by atoms with E-state index in [1.54, 1.807) is 16.8 Å². The highest BCUT2D eigenvalue weighted by Gasteiger charge is 2.33. The van der Waals surface area contributed by atoms with Gasteiger partial charge in [-0.1, -0.05) is 18.2 Å². The quantitative estimate of drug-likeness (QED) is 0.752. The van der Waals surface area contributed by atoms with E-state index < -0.39 is 6.36 Å². The number of hydrogen-bond acceptors (Lipinski definition) is 5. The number of aryl methyl sites for hydroxylation is 1. The number of hydrogen-bond donors (Lipinski definition) is 1. The van der Waals surface area contributed by atoms with Gasteiger partial charge in [0.15, 0.2) is 5.69 Å². The van der Waals surface area contributed by atoms with Crippen LogP contribution in [0.15, 0.2) is 24.3 Å². The summed E-state index contributed by atoms with van der Waals surface area (Å²) in [6.07, 6.45) is -2.52. The summed E-state index contributed by atoms with van der Waals surface area (Å²) in [5, 5.41) is 7.87. The van der Waals surface area contributed by atoms with E-state index in [9.17, 15) is 18.0 Å². The lowest BCUT2D eigenvalue weighted by molar-refractivity contribution is -0.274. The number of benzene rings is 1. The molecular weight excluding hydrogens is 429 g/mol. The van der Waals surface area contributed by atoms with Gasteiger partial charge in [0, 0.05) is 61.1 Å². The van der Waals surface area contributed by atoms with Crippen LogP contribution in [0, 0.1) is 0 Å². The largest absolute Gasteiger partial charge is 0.573 e. The van der Waals surface area contributed by atoms with E-state index in [-0.39, 0.29) is 24.2 Å². The van der Waals surface area contributed by atoms with Crippen LogP contribution in [0.3, 0.4) is 0 Å². The third kappa shape index (κ3) is 5.17. The molecule has 2 aliphatic rings. The lowest BCUT2D eigenvalue weighted by Crippen LogP contribution is -2.39. The molecule has 1 aromatic heterocycles. The smallest absolute Gasteiger partial charge is 0.405 e. The Bertz CT molecular complexity index is 941. The fraction of sp³-hybridized carbons (Fsp3) is 0.524. The van der Waals surface area contributed by atoms with Crippen LogP contribution in [0.5, 0.6) is 5.75 Å². The minimum absolute atomic E-state index is 0.0262. The third-order valence-corrected chi connectivity index (χ3v) is 6.68. The van der Waals surface area contributed by atoms with Crippen molar-refractivity contribution in [3.63, 3.8) is 0 Å². The molecule has 1 aliphatic heterocycles. The number of ether oxygens (including phenoxy) is 1. The van der Waals surface area contributed by atoms with Gasteiger partial charge < -0.3 is 15.0 Å². The number of carbonyl (C=O) groups excluding carboxylic acids is 1. The number of para-hydroxylation sites is 1. The second-order valence-electron chi connectivity index (χ2n) is 7.78. The highest BCUT2D eigenvalue weighted by molar-refractivity contribution is 7.99. The van der Waals surface area contributed by atoms with Crippen molar-refractivity contribution in [1.82, 2.24) is 20.0 Å². The van der Waals surface area contributed by atoms with Crippen molar-refractivity contribution in [2.75, 3.05) is 24.6 Å². The van der Waals surface area contributed by atoms with Crippen molar-refractivity contribution in [3.8, 4) is 5.75 Å². The van der Waals surface area contributed by atoms with Gasteiger partial charge in [-0.05, 0) is 25.3 Å². The number of amides is 1. The maximum absolute atomic E-state index is 13.0. The topological polar surface area (TPSA) is 59.4 Å². The van der Waals surface area contributed by atoms with Crippen LogP contribution in [0.25, 0.3) is 0 Å². The molecule has 10 heteroatoms. The Morgan fingerprint density at radius 1 is 1.29 bits per heavy atom. The number of rotatable bonds is 5. The monoisotopic (exact) mass is 454 g/mol. The average Bonchev–Trinajstić information content (AvgIpc) is 3.08. The lowest BCUT2D eigenvalue weighted by atomic mass is 9.91. The third-order valence-electron chi connectivity index (χ3n) is 5.74. The molecular formula is C21H25F3N4O2S. The first kappa shape index (κ1) is 22.0. The Kier molecular flexibility index (Phi) is 6.47. The van der Waals surface area contributed by atoms with Crippen LogP contribution >= 0.6 is 11.8 Å². The van der Waals surface area contributed by atoms with Gasteiger partial charge in [0.25, 0.3) is 5.91 Å². The van der Waals surface area contributed by atoms with Gasteiger partial charge in [0.05, 0.1) is 0 Å². The van der Waals surface area contributed by atoms with Crippen molar-refractivity contribution < 1.29 is 22.7 Å². The number of thioether (sulfide) groups is 1. The summed E-state index contributed by atoms with van der Waals surface area (Å²) in [5.74, 6) is 1.65. The minimum Gasteiger partial charge on any atom is -0.405 e. The van der Waals surface area contributed by atoms with E-state index in [1.165, 1.54) is 12.1 Å². The fourth-order valence-corrected chi connectivity index (χ4v) is 5.08. The summed E-state index contributed by atoms with van der Waals surface area (Å²) in [6, 6.07) is 6.19. The molecule has 2 heterocycles. The zero-order valence-corrected chi connectivity index (χ0v) is 18.1. The van der Waals surface area contributed by atoms with Crippen LogP contribution in [0.1, 0.15) is 33.7 Å². The molecule has 1 fully saturated rings. The van der Waals surface area contributed by atoms with Gasteiger partial charge in [-0.15, -0.1) is 13.2 Å². The van der Waals surface area contributed by atoms with E-state index in [1.807, 2.05) is 23.7 Å². The Morgan fingerprint density at radius 2 is 2.03 bits per heavy atom. The van der Waals surface area contributed by atoms with Gasteiger partial charge >= 0.3 is 6.36 Å². The molecule has 1 aliphatic carbocycles. The van der Waals surface area contributed by atoms with E-state index in [4.69, 9.17) is 0 Å². The minimum atomic E-state index is -4.73. The van der Waals surface area contributed by atoms with Crippen LogP contribution in [0.4, 0.5) is 13.2 Å². The molecule has 4 rings (SSSR count). The Balaban J connectivity index is 1.45. The molecule has 1 aromatic carbocycles. The number of alkyl halides is 3. The summed E-state index contributed by atoms with van der Waals surface area (Å²) in [7, 11) is 1.86. The Labute approximate surface area is 183 Å². The van der Waals surface area contributed by atoms with Gasteiger partial charge in [-0.3, -0.25) is 9.48 Å². The molecule has 0 bridgehead atoms. The van der Waals surface area contributed by atoms with Crippen LogP contribution in [-0.2, 0) is 26.4 Å². The number of nitrogens with one attached hydrogen (secondary N) is 1. The van der Waals surface area contributed by atoms with Crippen LogP contribution in [-0.4, -0.2) is 57.6 Å². The first-order valence-electron chi connectivity index (χ1n) is 10.3. The summed E-state index contributed by atoms with van der Waals surface area (Å²) in [5.41, 5.74) is 2.97. The Hall–Kier alpha value is -2.20. The predicted molar refractivity (Wildman–Crippen MR) is 112 cm³/mol. The molecule has 2 aromatic rings. The molecule has 1 unspecified atom stereocenters. The predicted octanol–water partition coefficient (Wildman–Crippen LogP) is 3.15. The van der Waals surface area contributed by atoms with Gasteiger partial charge in [-0.2, -0.15) is 16.9 Å². The molecule has 1 amide bonds. The van der Waals surface area contributed by atoms with Crippen molar-refractivity contribution >= 4 is 17.7 Å². The molecule has 0 spiro atoms. The maximum Gasteiger partial charge on any atom is 0.573 e. The molecule has 1 atom stereocenters. The number of halogens is 3. The molecule has 6 nitrogen and oxygen atoms in total. The highest BCUT2D eigenvalue weighted by atomic mass is 32.2. The highest BCUT2D eigenvalue weighted by Crippen LogP contribution is 2.28. The number of fused-ring (bicyclic) bond motifs is 1. The molecule has 0 saturated carbocycles. The second-order valence-corrected chi connectivity index (χ2v) is 9.00. The summed E-state index contributed by atoms with van der Waals surface area (Å²) < 4.78 is 43.9. The molecule has 0 radical (unpaired) electrons. The van der Waals surface area contributed by atoms with Crippen molar-refractivity contribution in [2.24, 2.45) is 7.05 Å². The number of nitrogens with zero attached hydrogens (tertiary/aromatic N) is 3. The van der Waals surface area contributed by atoms with Gasteiger partial charge in [-0.25, -0.2) is 0 Å². The second kappa shape index (κ2) is 9.12. The van der Waals surface area contributed by atoms with E-state index in [2.05, 4.69) is 15.2 Å². The van der Waals surface area contributed by atoms with Crippen molar-refractivity contribution in [2.45, 2.75) is 38.2 Å². The van der Waals surface area contributed by atoms with E-state index in [0.29, 0.717) is 17.7 Å². The SMILES string of the molecule is Cn1nc(C(=O)N2CCSCC2)c2c1CCC(NCc1ccccc1OC(F)(F)F)C2. The zero-order valence-electron chi connectivity index (χ0n) is 17.2. The van der Waals surface area contributed by atoms with E-state index in [0.717, 1.165) is 48.7 Å². The Morgan fingerprint density at radius 3 is 2.77 bits per heavy atom. The standard InChI is InChI=1S/C21H25F3N4O2S/c1-27-17-7-6-15(25-13-14-4-2-3-5-18(14)30-21(22,23)24)12-16(17)19(26-27)20(29)28-8-10-31-11-9-28/h2-5,15,25H,6-13H2,1H3. The fourth-order valence-electron chi connectivity index (χ4n) is 4.18. The summed E-state index contributed by atoms with van der Waals surface area (Å²) in [6.45, 7) is 1.71. The first-order valence-corrected chi connectivity index (χ1v) is 11.5. The van der Waals surface area contributed by atoms with Gasteiger partial charge in [0.1, 0.15) is 5.75 Å². The number of carbonyl (C=O) groups is 1. The van der Waals surface area contributed by atoms with Crippen LogP contribution in [0.2, 0.25) is 0 Å². The summed E-state index contributed by atoms with van der Waals surface area (Å²) in [4.78, 5) is 14.9. The summed E-state index contributed by atoms with van der Waals surface area (Å²) >= 11 is 1.84. The molecule has 168 valence electrons. The molecule has 31 heavy (non-hydrogen) atoms. The first-order chi connectivity index (χ1) is 14.8. The molecule has 1 N–H and O–H groups in total.